The molecular weight excluding hydrogens is 263 g/mol. The molecule has 0 fully saturated rings. The van der Waals surface area contributed by atoms with E-state index in [2.05, 4.69) is 22.9 Å². The maximum absolute atomic E-state index is 11.7. The molecule has 0 aliphatic heterocycles. The van der Waals surface area contributed by atoms with Crippen LogP contribution in [-0.4, -0.2) is 11.2 Å². The average molecular weight is 276 g/mol. The summed E-state index contributed by atoms with van der Waals surface area (Å²) in [4.78, 5) is 11.7. The zero-order chi connectivity index (χ0) is 10.7. The molecule has 1 aromatic rings. The molecule has 0 spiro atoms. The second-order valence-corrected chi connectivity index (χ2v) is 4.56. The Labute approximate surface area is 97.6 Å². The van der Waals surface area contributed by atoms with Gasteiger partial charge in [0.1, 0.15) is 0 Å². The van der Waals surface area contributed by atoms with Crippen LogP contribution >= 0.6 is 27.5 Å². The quantitative estimate of drug-likeness (QED) is 0.605. The van der Waals surface area contributed by atoms with Gasteiger partial charge in [-0.15, -0.1) is 11.6 Å². The number of alkyl halides is 1. The average Bonchev–Trinajstić information content (AvgIpc) is 2.17. The summed E-state index contributed by atoms with van der Waals surface area (Å²) in [6.45, 7) is 3.74. The highest BCUT2D eigenvalue weighted by atomic mass is 79.9. The number of hydrogen-bond acceptors (Lipinski definition) is 1. The van der Waals surface area contributed by atoms with Crippen LogP contribution in [0.4, 0.5) is 0 Å². The van der Waals surface area contributed by atoms with E-state index in [0.717, 1.165) is 16.5 Å². The van der Waals surface area contributed by atoms with Crippen LogP contribution in [0.15, 0.2) is 22.7 Å². The molecular formula is C11H12BrClO. The largest absolute Gasteiger partial charge is 0.292 e. The van der Waals surface area contributed by atoms with Crippen LogP contribution in [0.25, 0.3) is 0 Å². The van der Waals surface area contributed by atoms with Crippen molar-refractivity contribution < 1.29 is 4.79 Å². The lowest BCUT2D eigenvalue weighted by atomic mass is 10.0. The molecule has 0 radical (unpaired) electrons. The Balaban J connectivity index is 3.16. The highest BCUT2D eigenvalue weighted by Gasteiger charge is 2.16. The van der Waals surface area contributed by atoms with Gasteiger partial charge in [0.25, 0.3) is 0 Å². The number of ketones is 1. The molecule has 0 aromatic heterocycles. The fourth-order valence-electron chi connectivity index (χ4n) is 1.26. The van der Waals surface area contributed by atoms with Crippen LogP contribution in [0.3, 0.4) is 0 Å². The first kappa shape index (κ1) is 11.7. The van der Waals surface area contributed by atoms with E-state index >= 15 is 0 Å². The highest BCUT2D eigenvalue weighted by Crippen LogP contribution is 2.24. The molecule has 1 atom stereocenters. The second-order valence-electron chi connectivity index (χ2n) is 3.11. The molecule has 0 aliphatic carbocycles. The molecule has 0 amide bonds. The van der Waals surface area contributed by atoms with Gasteiger partial charge in [-0.25, -0.2) is 0 Å². The fraction of sp³-hybridized carbons (Fsp3) is 0.364. The number of hydrogen-bond donors (Lipinski definition) is 0. The Morgan fingerprint density at radius 3 is 2.71 bits per heavy atom. The van der Waals surface area contributed by atoms with Crippen molar-refractivity contribution in [3.63, 3.8) is 0 Å². The lowest BCUT2D eigenvalue weighted by molar-refractivity contribution is 0.0991. The first-order valence-electron chi connectivity index (χ1n) is 4.53. The fourth-order valence-corrected chi connectivity index (χ4v) is 2.12. The predicted molar refractivity (Wildman–Crippen MR) is 63.2 cm³/mol. The number of carbonyl (C=O) groups excluding carboxylic acids is 1. The smallest absolute Gasteiger partial charge is 0.181 e. The van der Waals surface area contributed by atoms with E-state index in [0.29, 0.717) is 5.56 Å². The van der Waals surface area contributed by atoms with Crippen molar-refractivity contribution in [1.82, 2.24) is 0 Å². The Kier molecular flexibility index (Phi) is 4.14. The van der Waals surface area contributed by atoms with Crippen molar-refractivity contribution in [3.8, 4) is 0 Å². The van der Waals surface area contributed by atoms with Crippen LogP contribution in [0.1, 0.15) is 29.8 Å². The van der Waals surface area contributed by atoms with Gasteiger partial charge in [0.15, 0.2) is 5.78 Å². The summed E-state index contributed by atoms with van der Waals surface area (Å²) in [5.41, 5.74) is 1.81. The summed E-state index contributed by atoms with van der Waals surface area (Å²) in [6.07, 6.45) is 0.901. The Morgan fingerprint density at radius 1 is 1.57 bits per heavy atom. The third-order valence-electron chi connectivity index (χ3n) is 2.09. The highest BCUT2D eigenvalue weighted by molar-refractivity contribution is 9.10. The van der Waals surface area contributed by atoms with Crippen molar-refractivity contribution in [1.29, 1.82) is 0 Å². The van der Waals surface area contributed by atoms with E-state index < -0.39 is 5.38 Å². The van der Waals surface area contributed by atoms with E-state index in [1.165, 1.54) is 0 Å². The van der Waals surface area contributed by atoms with Gasteiger partial charge in [0.05, 0.1) is 5.38 Å². The van der Waals surface area contributed by atoms with Gasteiger partial charge in [-0.2, -0.15) is 0 Å². The van der Waals surface area contributed by atoms with E-state index in [1.54, 1.807) is 13.0 Å². The number of benzene rings is 1. The van der Waals surface area contributed by atoms with Crippen molar-refractivity contribution in [2.45, 2.75) is 25.6 Å². The number of rotatable bonds is 3. The summed E-state index contributed by atoms with van der Waals surface area (Å²) in [6, 6.07) is 5.68. The van der Waals surface area contributed by atoms with Gasteiger partial charge in [0, 0.05) is 10.0 Å². The molecule has 0 saturated heterocycles. The zero-order valence-electron chi connectivity index (χ0n) is 8.18. The second kappa shape index (κ2) is 4.94. The van der Waals surface area contributed by atoms with Crippen LogP contribution < -0.4 is 0 Å². The summed E-state index contributed by atoms with van der Waals surface area (Å²) < 4.78 is 0.875. The molecule has 1 nitrogen and oxygen atoms in total. The molecule has 0 heterocycles. The van der Waals surface area contributed by atoms with Gasteiger partial charge in [-0.05, 0) is 34.8 Å². The van der Waals surface area contributed by atoms with Gasteiger partial charge in [0.2, 0.25) is 0 Å². The third-order valence-corrected chi connectivity index (χ3v) is 3.22. The van der Waals surface area contributed by atoms with Crippen molar-refractivity contribution in [2.24, 2.45) is 0 Å². The maximum Gasteiger partial charge on any atom is 0.181 e. The van der Waals surface area contributed by atoms with Gasteiger partial charge >= 0.3 is 0 Å². The summed E-state index contributed by atoms with van der Waals surface area (Å²) in [5.74, 6) is -0.0335. The van der Waals surface area contributed by atoms with E-state index in [1.807, 2.05) is 12.1 Å². The molecule has 0 N–H and O–H groups in total. The molecule has 76 valence electrons. The normalized spacial score (nSPS) is 12.6. The molecule has 0 saturated carbocycles. The molecule has 1 unspecified atom stereocenters. The summed E-state index contributed by atoms with van der Waals surface area (Å²) in [5, 5.41) is -0.474. The van der Waals surface area contributed by atoms with Crippen LogP contribution in [0, 0.1) is 0 Å². The minimum atomic E-state index is -0.474. The standard InChI is InChI=1S/C11H12BrClO/c1-3-8-5-4-6-9(10(8)12)11(14)7(2)13/h4-7H,3H2,1-2H3. The van der Waals surface area contributed by atoms with Crippen molar-refractivity contribution >= 4 is 33.3 Å². The molecule has 14 heavy (non-hydrogen) atoms. The van der Waals surface area contributed by atoms with Gasteiger partial charge < -0.3 is 0 Å². The minimum absolute atomic E-state index is 0.0335. The lowest BCUT2D eigenvalue weighted by Crippen LogP contribution is -2.11. The van der Waals surface area contributed by atoms with Crippen molar-refractivity contribution in [3.05, 3.63) is 33.8 Å². The summed E-state index contributed by atoms with van der Waals surface area (Å²) >= 11 is 9.19. The monoisotopic (exact) mass is 274 g/mol. The third kappa shape index (κ3) is 2.37. The van der Waals surface area contributed by atoms with Gasteiger partial charge in [-0.3, -0.25) is 4.79 Å². The number of carbonyl (C=O) groups is 1. The lowest BCUT2D eigenvalue weighted by Gasteiger charge is -2.08. The molecule has 1 aromatic carbocycles. The molecule has 0 aliphatic rings. The number of Topliss-reactive ketones (excluding diaryl/α,β-unsaturated/α-hetero) is 1. The minimum Gasteiger partial charge on any atom is -0.292 e. The van der Waals surface area contributed by atoms with E-state index in [9.17, 15) is 4.79 Å². The van der Waals surface area contributed by atoms with Gasteiger partial charge in [-0.1, -0.05) is 25.1 Å². The zero-order valence-corrected chi connectivity index (χ0v) is 10.5. The summed E-state index contributed by atoms with van der Waals surface area (Å²) in [7, 11) is 0. The molecule has 0 bridgehead atoms. The van der Waals surface area contributed by atoms with Crippen LogP contribution in [0.2, 0.25) is 0 Å². The molecule has 3 heteroatoms. The first-order valence-corrected chi connectivity index (χ1v) is 5.76. The van der Waals surface area contributed by atoms with Crippen molar-refractivity contribution in [2.75, 3.05) is 0 Å². The number of aryl methyl sites for hydroxylation is 1. The Morgan fingerprint density at radius 2 is 2.21 bits per heavy atom. The first-order chi connectivity index (χ1) is 6.57. The number of halogens is 2. The maximum atomic E-state index is 11.7. The topological polar surface area (TPSA) is 17.1 Å². The Hall–Kier alpha value is -0.340. The van der Waals surface area contributed by atoms with Crippen LogP contribution in [-0.2, 0) is 6.42 Å². The van der Waals surface area contributed by atoms with E-state index in [4.69, 9.17) is 11.6 Å². The SMILES string of the molecule is CCc1cccc(C(=O)C(C)Cl)c1Br. The van der Waals surface area contributed by atoms with Crippen LogP contribution in [0.5, 0.6) is 0 Å². The van der Waals surface area contributed by atoms with E-state index in [-0.39, 0.29) is 5.78 Å². The Bertz CT molecular complexity index is 347. The predicted octanol–water partition coefficient (Wildman–Crippen LogP) is 3.82. The molecule has 1 rings (SSSR count).